The molecule has 0 fully saturated rings. The Morgan fingerprint density at radius 3 is 2.70 bits per heavy atom. The van der Waals surface area contributed by atoms with Gasteiger partial charge in [0.15, 0.2) is 0 Å². The summed E-state index contributed by atoms with van der Waals surface area (Å²) in [4.78, 5) is 12.8. The van der Waals surface area contributed by atoms with Crippen LogP contribution in [0.5, 0.6) is 5.88 Å². The molecule has 0 aromatic carbocycles. The van der Waals surface area contributed by atoms with Crippen LogP contribution in [0, 0.1) is 0 Å². The van der Waals surface area contributed by atoms with Gasteiger partial charge >= 0.3 is 0 Å². The zero-order valence-corrected chi connectivity index (χ0v) is 13.1. The number of aromatic nitrogens is 3. The summed E-state index contributed by atoms with van der Waals surface area (Å²) < 4.78 is 5.08. The molecule has 2 heterocycles. The van der Waals surface area contributed by atoms with Crippen LogP contribution in [0.2, 0.25) is 0 Å². The van der Waals surface area contributed by atoms with Crippen molar-refractivity contribution < 1.29 is 4.74 Å². The lowest BCUT2D eigenvalue weighted by atomic mass is 9.93. The molecule has 1 unspecified atom stereocenters. The number of ether oxygens (including phenoxy) is 1. The van der Waals surface area contributed by atoms with Crippen LogP contribution in [0.4, 0.5) is 0 Å². The van der Waals surface area contributed by atoms with E-state index in [9.17, 15) is 0 Å². The first-order valence-corrected chi connectivity index (χ1v) is 7.34. The highest BCUT2D eigenvalue weighted by molar-refractivity contribution is 7.09. The smallest absolute Gasteiger partial charge is 0.216 e. The van der Waals surface area contributed by atoms with Gasteiger partial charge in [-0.2, -0.15) is 0 Å². The van der Waals surface area contributed by atoms with Gasteiger partial charge in [0.1, 0.15) is 6.33 Å². The third-order valence-electron chi connectivity index (χ3n) is 2.97. The Hall–Kier alpha value is -1.53. The van der Waals surface area contributed by atoms with Crippen molar-refractivity contribution in [1.82, 2.24) is 15.0 Å². The summed E-state index contributed by atoms with van der Waals surface area (Å²) in [6, 6.07) is 1.56. The molecule has 0 aliphatic heterocycles. The van der Waals surface area contributed by atoms with Gasteiger partial charge < -0.3 is 10.5 Å². The normalized spacial score (nSPS) is 13.2. The highest BCUT2D eigenvalue weighted by Gasteiger charge is 2.19. The molecule has 2 N–H and O–H groups in total. The van der Waals surface area contributed by atoms with Crippen LogP contribution in [0.15, 0.2) is 17.8 Å². The molecule has 5 nitrogen and oxygen atoms in total. The average molecular weight is 292 g/mol. The Morgan fingerprint density at radius 1 is 1.35 bits per heavy atom. The number of hydrogen-bond donors (Lipinski definition) is 1. The van der Waals surface area contributed by atoms with E-state index in [2.05, 4.69) is 41.1 Å². The van der Waals surface area contributed by atoms with Gasteiger partial charge in [0.25, 0.3) is 0 Å². The SMILES string of the molecule is COc1cc(C(N)Cc2nc(C(C)(C)C)cs2)ncn1. The maximum absolute atomic E-state index is 6.19. The number of thiazole rings is 1. The van der Waals surface area contributed by atoms with Crippen LogP contribution >= 0.6 is 11.3 Å². The summed E-state index contributed by atoms with van der Waals surface area (Å²) in [6.45, 7) is 6.46. The molecule has 2 aromatic rings. The van der Waals surface area contributed by atoms with Crippen molar-refractivity contribution in [3.8, 4) is 5.88 Å². The van der Waals surface area contributed by atoms with Gasteiger partial charge in [-0.3, -0.25) is 0 Å². The van der Waals surface area contributed by atoms with Crippen LogP contribution in [-0.2, 0) is 11.8 Å². The number of methoxy groups -OCH3 is 1. The molecule has 1 atom stereocenters. The van der Waals surface area contributed by atoms with Crippen molar-refractivity contribution in [1.29, 1.82) is 0 Å². The van der Waals surface area contributed by atoms with E-state index in [-0.39, 0.29) is 11.5 Å². The van der Waals surface area contributed by atoms with Gasteiger partial charge in [0, 0.05) is 23.3 Å². The summed E-state index contributed by atoms with van der Waals surface area (Å²) >= 11 is 1.64. The molecule has 0 spiro atoms. The molecule has 108 valence electrons. The van der Waals surface area contributed by atoms with E-state index in [1.54, 1.807) is 24.5 Å². The average Bonchev–Trinajstić information content (AvgIpc) is 2.87. The molecule has 0 bridgehead atoms. The highest BCUT2D eigenvalue weighted by atomic mass is 32.1. The maximum Gasteiger partial charge on any atom is 0.216 e. The Bertz CT molecular complexity index is 577. The summed E-state index contributed by atoms with van der Waals surface area (Å²) in [5.74, 6) is 0.528. The van der Waals surface area contributed by atoms with Gasteiger partial charge in [-0.15, -0.1) is 11.3 Å². The Labute approximate surface area is 123 Å². The largest absolute Gasteiger partial charge is 0.481 e. The standard InChI is InChI=1S/C14H20N4OS/c1-14(2,3)11-7-20-13(18-11)5-9(15)10-6-12(19-4)17-8-16-10/h6-9H,5,15H2,1-4H3. The summed E-state index contributed by atoms with van der Waals surface area (Å²) in [7, 11) is 1.58. The van der Waals surface area contributed by atoms with Crippen LogP contribution < -0.4 is 10.5 Å². The Kier molecular flexibility index (Phi) is 4.35. The van der Waals surface area contributed by atoms with Gasteiger partial charge in [-0.1, -0.05) is 20.8 Å². The molecule has 0 amide bonds. The number of nitrogens with zero attached hydrogens (tertiary/aromatic N) is 3. The van der Waals surface area contributed by atoms with Crippen LogP contribution in [0.25, 0.3) is 0 Å². The highest BCUT2D eigenvalue weighted by Crippen LogP contribution is 2.26. The lowest BCUT2D eigenvalue weighted by Gasteiger charge is -2.14. The molecule has 0 radical (unpaired) electrons. The monoisotopic (exact) mass is 292 g/mol. The van der Waals surface area contributed by atoms with Gasteiger partial charge in [0.05, 0.1) is 29.5 Å². The summed E-state index contributed by atoms with van der Waals surface area (Å²) in [5, 5.41) is 3.13. The van der Waals surface area contributed by atoms with Crippen molar-refractivity contribution in [3.63, 3.8) is 0 Å². The molecule has 0 aliphatic rings. The first-order valence-electron chi connectivity index (χ1n) is 6.46. The quantitative estimate of drug-likeness (QED) is 0.937. The van der Waals surface area contributed by atoms with E-state index < -0.39 is 0 Å². The van der Waals surface area contributed by atoms with E-state index in [0.717, 1.165) is 16.4 Å². The van der Waals surface area contributed by atoms with Gasteiger partial charge in [0.2, 0.25) is 5.88 Å². The fourth-order valence-electron chi connectivity index (χ4n) is 1.71. The van der Waals surface area contributed by atoms with E-state index in [1.165, 1.54) is 6.33 Å². The number of rotatable bonds is 4. The fraction of sp³-hybridized carbons (Fsp3) is 0.500. The van der Waals surface area contributed by atoms with E-state index in [1.807, 2.05) is 0 Å². The van der Waals surface area contributed by atoms with E-state index >= 15 is 0 Å². The second kappa shape index (κ2) is 5.85. The van der Waals surface area contributed by atoms with Crippen molar-refractivity contribution in [2.75, 3.05) is 7.11 Å². The number of nitrogens with two attached hydrogens (primary N) is 1. The lowest BCUT2D eigenvalue weighted by Crippen LogP contribution is -2.16. The minimum absolute atomic E-state index is 0.0665. The summed E-state index contributed by atoms with van der Waals surface area (Å²) in [6.07, 6.45) is 2.14. The minimum atomic E-state index is -0.203. The van der Waals surface area contributed by atoms with Crippen LogP contribution in [0.1, 0.15) is 43.2 Å². The molecular weight excluding hydrogens is 272 g/mol. The second-order valence-electron chi connectivity index (χ2n) is 5.67. The Balaban J connectivity index is 2.11. The predicted molar refractivity (Wildman–Crippen MR) is 80.0 cm³/mol. The molecule has 0 saturated heterocycles. The fourth-order valence-corrected chi connectivity index (χ4v) is 2.79. The third-order valence-corrected chi connectivity index (χ3v) is 3.84. The molecule has 2 rings (SSSR count). The minimum Gasteiger partial charge on any atom is -0.481 e. The predicted octanol–water partition coefficient (Wildman–Crippen LogP) is 2.48. The summed E-state index contributed by atoms with van der Waals surface area (Å²) in [5.41, 5.74) is 8.13. The topological polar surface area (TPSA) is 73.9 Å². The molecule has 6 heteroatoms. The molecular formula is C14H20N4OS. The Morgan fingerprint density at radius 2 is 2.10 bits per heavy atom. The third kappa shape index (κ3) is 3.52. The lowest BCUT2D eigenvalue weighted by molar-refractivity contribution is 0.395. The maximum atomic E-state index is 6.19. The zero-order chi connectivity index (χ0) is 14.8. The van der Waals surface area contributed by atoms with E-state index in [4.69, 9.17) is 10.5 Å². The van der Waals surface area contributed by atoms with Gasteiger partial charge in [-0.05, 0) is 0 Å². The second-order valence-corrected chi connectivity index (χ2v) is 6.61. The van der Waals surface area contributed by atoms with Gasteiger partial charge in [-0.25, -0.2) is 15.0 Å². The first-order chi connectivity index (χ1) is 9.40. The number of hydrogen-bond acceptors (Lipinski definition) is 6. The van der Waals surface area contributed by atoms with Crippen molar-refractivity contribution >= 4 is 11.3 Å². The molecule has 0 saturated carbocycles. The van der Waals surface area contributed by atoms with Crippen LogP contribution in [0.3, 0.4) is 0 Å². The van der Waals surface area contributed by atoms with Crippen molar-refractivity contribution in [3.05, 3.63) is 34.2 Å². The zero-order valence-electron chi connectivity index (χ0n) is 12.3. The first kappa shape index (κ1) is 14.9. The molecule has 20 heavy (non-hydrogen) atoms. The molecule has 2 aromatic heterocycles. The van der Waals surface area contributed by atoms with Crippen LogP contribution in [-0.4, -0.2) is 22.1 Å². The van der Waals surface area contributed by atoms with Crippen molar-refractivity contribution in [2.24, 2.45) is 5.73 Å². The molecule has 0 aliphatic carbocycles. The van der Waals surface area contributed by atoms with E-state index in [0.29, 0.717) is 12.3 Å². The van der Waals surface area contributed by atoms with Crippen molar-refractivity contribution in [2.45, 2.75) is 38.6 Å².